The molecule has 0 aromatic heterocycles. The quantitative estimate of drug-likeness (QED) is 0.175. The highest BCUT2D eigenvalue weighted by molar-refractivity contribution is 14.0. The number of unbranched alkanes of at least 4 members (excludes halogenated alkanes) is 1. The van der Waals surface area contributed by atoms with Crippen LogP contribution < -0.4 is 16.0 Å². The van der Waals surface area contributed by atoms with Crippen molar-refractivity contribution < 1.29 is 14.3 Å². The number of aliphatic imine (C=N–C) groups is 1. The van der Waals surface area contributed by atoms with Crippen LogP contribution >= 0.6 is 24.0 Å². The number of guanidine groups is 1. The van der Waals surface area contributed by atoms with Gasteiger partial charge in [-0.05, 0) is 53.4 Å². The van der Waals surface area contributed by atoms with Gasteiger partial charge in [0, 0.05) is 26.3 Å². The maximum atomic E-state index is 12.0. The smallest absolute Gasteiger partial charge is 0.407 e. The van der Waals surface area contributed by atoms with E-state index in [2.05, 4.69) is 34.8 Å². The van der Waals surface area contributed by atoms with Crippen molar-refractivity contribution in [3.63, 3.8) is 0 Å². The van der Waals surface area contributed by atoms with Gasteiger partial charge in [0.1, 0.15) is 5.60 Å². The number of hydrogen-bond acceptors (Lipinski definition) is 4. The largest absolute Gasteiger partial charge is 0.444 e. The lowest BCUT2D eigenvalue weighted by molar-refractivity contribution is 0.0493. The molecule has 0 saturated heterocycles. The van der Waals surface area contributed by atoms with Crippen LogP contribution in [-0.4, -0.2) is 56.5 Å². The first-order valence-electron chi connectivity index (χ1n) is 9.79. The third kappa shape index (κ3) is 17.1. The summed E-state index contributed by atoms with van der Waals surface area (Å²) in [5.41, 5.74) is -0.507. The minimum Gasteiger partial charge on any atom is -0.444 e. The third-order valence-electron chi connectivity index (χ3n) is 3.51. The van der Waals surface area contributed by atoms with Crippen LogP contribution in [0.2, 0.25) is 0 Å². The van der Waals surface area contributed by atoms with Crippen LogP contribution in [0.1, 0.15) is 61.3 Å². The third-order valence-corrected chi connectivity index (χ3v) is 3.51. The normalized spacial score (nSPS) is 13.0. The molecule has 1 atom stereocenters. The van der Waals surface area contributed by atoms with Crippen molar-refractivity contribution in [1.82, 2.24) is 16.0 Å². The first kappa shape index (κ1) is 28.4. The minimum absolute atomic E-state index is 0. The van der Waals surface area contributed by atoms with Gasteiger partial charge in [-0.3, -0.25) is 4.99 Å². The van der Waals surface area contributed by atoms with Gasteiger partial charge in [-0.1, -0.05) is 13.8 Å². The molecule has 0 bridgehead atoms. The summed E-state index contributed by atoms with van der Waals surface area (Å²) in [6.45, 7) is 17.4. The molecule has 3 N–H and O–H groups in total. The topological polar surface area (TPSA) is 84.0 Å². The Hall–Kier alpha value is -0.770. The highest BCUT2D eigenvalue weighted by Gasteiger charge is 2.21. The summed E-state index contributed by atoms with van der Waals surface area (Å²) in [6.07, 6.45) is 1.64. The number of halogens is 1. The summed E-state index contributed by atoms with van der Waals surface area (Å²) in [6, 6.07) is -0.0849. The molecule has 7 nitrogen and oxygen atoms in total. The van der Waals surface area contributed by atoms with Gasteiger partial charge in [0.25, 0.3) is 0 Å². The molecule has 0 saturated carbocycles. The van der Waals surface area contributed by atoms with E-state index >= 15 is 0 Å². The molecule has 0 aromatic rings. The molecule has 0 aliphatic rings. The second-order valence-corrected chi connectivity index (χ2v) is 7.55. The highest BCUT2D eigenvalue weighted by atomic mass is 127. The average molecular weight is 500 g/mol. The van der Waals surface area contributed by atoms with Crippen LogP contribution in [0, 0.1) is 5.92 Å². The molecule has 0 aromatic carbocycles. The number of hydrogen-bond donors (Lipinski definition) is 3. The van der Waals surface area contributed by atoms with Crippen molar-refractivity contribution in [2.45, 2.75) is 73.0 Å². The van der Waals surface area contributed by atoms with Crippen molar-refractivity contribution in [2.24, 2.45) is 10.9 Å². The highest BCUT2D eigenvalue weighted by Crippen LogP contribution is 2.09. The van der Waals surface area contributed by atoms with E-state index in [9.17, 15) is 4.79 Å². The van der Waals surface area contributed by atoms with E-state index in [1.54, 1.807) is 0 Å². The fourth-order valence-electron chi connectivity index (χ4n) is 2.09. The van der Waals surface area contributed by atoms with Crippen LogP contribution in [0.4, 0.5) is 4.79 Å². The van der Waals surface area contributed by atoms with Crippen molar-refractivity contribution in [3.05, 3.63) is 0 Å². The number of ether oxygens (including phenoxy) is 2. The van der Waals surface area contributed by atoms with Gasteiger partial charge >= 0.3 is 6.09 Å². The summed E-state index contributed by atoms with van der Waals surface area (Å²) in [5.74, 6) is 1.01. The molecule has 0 heterocycles. The lowest BCUT2D eigenvalue weighted by Gasteiger charge is -2.25. The van der Waals surface area contributed by atoms with Gasteiger partial charge < -0.3 is 25.4 Å². The van der Waals surface area contributed by atoms with Crippen LogP contribution in [0.25, 0.3) is 0 Å². The predicted molar refractivity (Wildman–Crippen MR) is 123 cm³/mol. The summed E-state index contributed by atoms with van der Waals surface area (Å²) in [5, 5.41) is 9.48. The molecular weight excluding hydrogens is 459 g/mol. The van der Waals surface area contributed by atoms with E-state index in [0.717, 1.165) is 45.1 Å². The maximum Gasteiger partial charge on any atom is 0.407 e. The second kappa shape index (κ2) is 16.2. The van der Waals surface area contributed by atoms with E-state index in [0.29, 0.717) is 6.54 Å². The average Bonchev–Trinajstić information content (AvgIpc) is 2.52. The molecule has 27 heavy (non-hydrogen) atoms. The minimum atomic E-state index is -0.507. The number of rotatable bonds is 11. The first-order valence-corrected chi connectivity index (χ1v) is 9.79. The number of alkyl carbamates (subject to hydrolysis) is 1. The van der Waals surface area contributed by atoms with Crippen LogP contribution in [0.5, 0.6) is 0 Å². The van der Waals surface area contributed by atoms with E-state index in [1.807, 2.05) is 34.6 Å². The molecule has 0 radical (unpaired) electrons. The zero-order valence-corrected chi connectivity index (χ0v) is 20.5. The van der Waals surface area contributed by atoms with Crippen molar-refractivity contribution >= 4 is 36.0 Å². The lowest BCUT2D eigenvalue weighted by Crippen LogP contribution is -2.45. The molecule has 0 spiro atoms. The lowest BCUT2D eigenvalue weighted by atomic mass is 10.1. The zero-order valence-electron chi connectivity index (χ0n) is 18.2. The summed E-state index contributed by atoms with van der Waals surface area (Å²) in [7, 11) is 0. The molecule has 162 valence electrons. The second-order valence-electron chi connectivity index (χ2n) is 7.55. The first-order chi connectivity index (χ1) is 12.2. The number of nitrogens with zero attached hydrogens (tertiary/aromatic N) is 1. The zero-order chi connectivity index (χ0) is 20.0. The fraction of sp³-hybridized carbons (Fsp3) is 0.895. The Labute approximate surface area is 182 Å². The summed E-state index contributed by atoms with van der Waals surface area (Å²) < 4.78 is 10.7. The summed E-state index contributed by atoms with van der Waals surface area (Å²) >= 11 is 0. The number of amides is 1. The van der Waals surface area contributed by atoms with Gasteiger partial charge in [0.2, 0.25) is 0 Å². The number of carbonyl (C=O) groups is 1. The predicted octanol–water partition coefficient (Wildman–Crippen LogP) is 3.53. The fourth-order valence-corrected chi connectivity index (χ4v) is 2.09. The Balaban J connectivity index is 0. The Kier molecular flexibility index (Phi) is 17.1. The van der Waals surface area contributed by atoms with E-state index in [1.165, 1.54) is 0 Å². The van der Waals surface area contributed by atoms with Gasteiger partial charge in [0.05, 0.1) is 12.6 Å². The number of carbonyl (C=O) groups excluding carboxylic acids is 1. The van der Waals surface area contributed by atoms with Crippen molar-refractivity contribution in [3.8, 4) is 0 Å². The van der Waals surface area contributed by atoms with Crippen LogP contribution in [-0.2, 0) is 9.47 Å². The maximum absolute atomic E-state index is 12.0. The standard InChI is InChI=1S/C19H40N4O3.HI/c1-8-20-17(21-12-10-11-13-25-9-2)22-14-16(15(3)4)23-18(24)26-19(5,6)7;/h15-16H,8-14H2,1-7H3,(H,23,24)(H2,20,21,22);1H. The Morgan fingerprint density at radius 1 is 1.11 bits per heavy atom. The van der Waals surface area contributed by atoms with Crippen molar-refractivity contribution in [1.29, 1.82) is 0 Å². The van der Waals surface area contributed by atoms with Crippen molar-refractivity contribution in [2.75, 3.05) is 32.8 Å². The molecule has 1 unspecified atom stereocenters. The molecule has 0 fully saturated rings. The Morgan fingerprint density at radius 2 is 1.78 bits per heavy atom. The SMILES string of the molecule is CCNC(=NCC(NC(=O)OC(C)(C)C)C(C)C)NCCCCOCC.I. The van der Waals surface area contributed by atoms with Gasteiger partial charge in [-0.15, -0.1) is 24.0 Å². The van der Waals surface area contributed by atoms with Gasteiger partial charge in [-0.2, -0.15) is 0 Å². The Bertz CT molecular complexity index is 412. The molecule has 1 amide bonds. The Morgan fingerprint density at radius 3 is 2.30 bits per heavy atom. The molecule has 8 heteroatoms. The molecule has 0 rings (SSSR count). The summed E-state index contributed by atoms with van der Waals surface area (Å²) in [4.78, 5) is 16.6. The van der Waals surface area contributed by atoms with Gasteiger partial charge in [-0.25, -0.2) is 4.79 Å². The molecule has 0 aliphatic carbocycles. The van der Waals surface area contributed by atoms with Crippen LogP contribution in [0.15, 0.2) is 4.99 Å². The monoisotopic (exact) mass is 500 g/mol. The van der Waals surface area contributed by atoms with E-state index in [4.69, 9.17) is 9.47 Å². The van der Waals surface area contributed by atoms with E-state index in [-0.39, 0.29) is 35.9 Å². The number of nitrogens with one attached hydrogen (secondary N) is 3. The van der Waals surface area contributed by atoms with Crippen LogP contribution in [0.3, 0.4) is 0 Å². The molecular formula is C19H41IN4O3. The molecule has 0 aliphatic heterocycles. The van der Waals surface area contributed by atoms with Gasteiger partial charge in [0.15, 0.2) is 5.96 Å². The van der Waals surface area contributed by atoms with E-state index < -0.39 is 11.7 Å².